The molecule has 0 aliphatic heterocycles. The van der Waals surface area contributed by atoms with Gasteiger partial charge in [-0.3, -0.25) is 4.79 Å². The Morgan fingerprint density at radius 2 is 2.00 bits per heavy atom. The summed E-state index contributed by atoms with van der Waals surface area (Å²) in [7, 11) is 0. The first-order valence-corrected chi connectivity index (χ1v) is 6.36. The molecule has 0 fully saturated rings. The van der Waals surface area contributed by atoms with E-state index in [1.54, 1.807) is 0 Å². The number of aromatic nitrogens is 1. The van der Waals surface area contributed by atoms with Crippen LogP contribution in [0, 0.1) is 6.92 Å². The molecule has 0 spiro atoms. The Kier molecular flexibility index (Phi) is 4.00. The summed E-state index contributed by atoms with van der Waals surface area (Å²) in [4.78, 5) is 11.9. The third-order valence-corrected chi connectivity index (χ3v) is 2.91. The molecule has 1 aromatic carbocycles. The minimum atomic E-state index is -0.109. The van der Waals surface area contributed by atoms with E-state index >= 15 is 0 Å². The molecule has 1 aromatic heterocycles. The molecular weight excluding hydrogens is 240 g/mol. The van der Waals surface area contributed by atoms with Crippen molar-refractivity contribution in [2.75, 3.05) is 0 Å². The molecule has 0 radical (unpaired) electrons. The van der Waals surface area contributed by atoms with Gasteiger partial charge in [0.1, 0.15) is 0 Å². The summed E-state index contributed by atoms with van der Waals surface area (Å²) in [5, 5.41) is 6.77. The lowest BCUT2D eigenvalue weighted by atomic mass is 10.1. The highest BCUT2D eigenvalue weighted by atomic mass is 16.5. The van der Waals surface area contributed by atoms with Crippen LogP contribution < -0.4 is 5.32 Å². The molecule has 19 heavy (non-hydrogen) atoms. The van der Waals surface area contributed by atoms with Crippen molar-refractivity contribution in [1.29, 1.82) is 0 Å². The highest BCUT2D eigenvalue weighted by molar-refractivity contribution is 5.94. The smallest absolute Gasteiger partial charge is 0.251 e. The molecule has 0 atom stereocenters. The van der Waals surface area contributed by atoms with Crippen molar-refractivity contribution in [1.82, 2.24) is 10.5 Å². The van der Waals surface area contributed by atoms with Crippen LogP contribution in [0.25, 0.3) is 0 Å². The van der Waals surface area contributed by atoms with Gasteiger partial charge in [-0.15, -0.1) is 0 Å². The van der Waals surface area contributed by atoms with Crippen molar-refractivity contribution >= 4 is 5.91 Å². The average molecular weight is 258 g/mol. The molecule has 100 valence electrons. The van der Waals surface area contributed by atoms with E-state index in [-0.39, 0.29) is 5.91 Å². The third-order valence-electron chi connectivity index (χ3n) is 2.91. The maximum atomic E-state index is 11.9. The molecule has 0 saturated carbocycles. The first-order chi connectivity index (χ1) is 9.06. The number of benzene rings is 1. The van der Waals surface area contributed by atoms with Crippen molar-refractivity contribution in [3.8, 4) is 0 Å². The molecule has 0 unspecified atom stereocenters. The van der Waals surface area contributed by atoms with E-state index in [4.69, 9.17) is 4.52 Å². The van der Waals surface area contributed by atoms with Crippen LogP contribution in [0.5, 0.6) is 0 Å². The van der Waals surface area contributed by atoms with Gasteiger partial charge in [0.25, 0.3) is 5.91 Å². The van der Waals surface area contributed by atoms with Crippen LogP contribution in [0.3, 0.4) is 0 Å². The van der Waals surface area contributed by atoms with Gasteiger partial charge in [-0.25, -0.2) is 0 Å². The predicted molar refractivity (Wildman–Crippen MR) is 72.9 cm³/mol. The standard InChI is InChI=1S/C15H18N2O2/c1-10(2)14-8-13(19-17-14)9-16-15(18)12-6-4-11(3)5-7-12/h4-8,10H,9H2,1-3H3,(H,16,18). The molecule has 0 bridgehead atoms. The second kappa shape index (κ2) is 5.69. The second-order valence-electron chi connectivity index (χ2n) is 4.92. The number of nitrogens with zero attached hydrogens (tertiary/aromatic N) is 1. The lowest BCUT2D eigenvalue weighted by Crippen LogP contribution is -2.22. The molecule has 4 nitrogen and oxygen atoms in total. The highest BCUT2D eigenvalue weighted by Crippen LogP contribution is 2.13. The van der Waals surface area contributed by atoms with E-state index in [0.29, 0.717) is 23.8 Å². The fraction of sp³-hybridized carbons (Fsp3) is 0.333. The number of carbonyl (C=O) groups excluding carboxylic acids is 1. The Balaban J connectivity index is 1.94. The van der Waals surface area contributed by atoms with Gasteiger partial charge in [-0.05, 0) is 25.0 Å². The van der Waals surface area contributed by atoms with Crippen LogP contribution in [0.2, 0.25) is 0 Å². The number of rotatable bonds is 4. The normalized spacial score (nSPS) is 10.7. The Bertz CT molecular complexity index is 556. The van der Waals surface area contributed by atoms with Gasteiger partial charge in [0, 0.05) is 11.6 Å². The van der Waals surface area contributed by atoms with Crippen LogP contribution in [0.1, 0.15) is 47.1 Å². The summed E-state index contributed by atoms with van der Waals surface area (Å²) in [5.74, 6) is 0.886. The number of carbonyl (C=O) groups is 1. The van der Waals surface area contributed by atoms with Crippen LogP contribution in [-0.2, 0) is 6.54 Å². The van der Waals surface area contributed by atoms with E-state index in [1.165, 1.54) is 0 Å². The van der Waals surface area contributed by atoms with E-state index in [0.717, 1.165) is 11.3 Å². The fourth-order valence-corrected chi connectivity index (χ4v) is 1.66. The monoisotopic (exact) mass is 258 g/mol. The van der Waals surface area contributed by atoms with Crippen molar-refractivity contribution in [2.24, 2.45) is 0 Å². The molecule has 0 saturated heterocycles. The molecule has 2 rings (SSSR count). The van der Waals surface area contributed by atoms with Gasteiger partial charge < -0.3 is 9.84 Å². The van der Waals surface area contributed by atoms with Gasteiger partial charge in [-0.2, -0.15) is 0 Å². The molecular formula is C15H18N2O2. The number of aryl methyl sites for hydroxylation is 1. The first kappa shape index (κ1) is 13.3. The van der Waals surface area contributed by atoms with Crippen LogP contribution in [0.15, 0.2) is 34.9 Å². The Morgan fingerprint density at radius 1 is 1.32 bits per heavy atom. The highest BCUT2D eigenvalue weighted by Gasteiger charge is 2.09. The second-order valence-corrected chi connectivity index (χ2v) is 4.92. The van der Waals surface area contributed by atoms with Crippen molar-refractivity contribution in [3.63, 3.8) is 0 Å². The van der Waals surface area contributed by atoms with Gasteiger partial charge in [0.05, 0.1) is 12.2 Å². The SMILES string of the molecule is Cc1ccc(C(=O)NCc2cc(C(C)C)no2)cc1. The molecule has 0 aliphatic rings. The lowest BCUT2D eigenvalue weighted by molar-refractivity contribution is 0.0947. The summed E-state index contributed by atoms with van der Waals surface area (Å²) in [6, 6.07) is 9.33. The number of hydrogen-bond donors (Lipinski definition) is 1. The van der Waals surface area contributed by atoms with Crippen LogP contribution >= 0.6 is 0 Å². The Hall–Kier alpha value is -2.10. The van der Waals surface area contributed by atoms with Gasteiger partial charge in [-0.1, -0.05) is 36.7 Å². The van der Waals surface area contributed by atoms with E-state index < -0.39 is 0 Å². The van der Waals surface area contributed by atoms with Crippen molar-refractivity contribution in [3.05, 3.63) is 52.9 Å². The zero-order chi connectivity index (χ0) is 13.8. The summed E-state index contributed by atoms with van der Waals surface area (Å²) in [6.07, 6.45) is 0. The van der Waals surface area contributed by atoms with Gasteiger partial charge in [0.2, 0.25) is 0 Å². The third kappa shape index (κ3) is 3.44. The number of nitrogens with one attached hydrogen (secondary N) is 1. The molecule has 1 heterocycles. The average Bonchev–Trinajstić information content (AvgIpc) is 2.86. The summed E-state index contributed by atoms with van der Waals surface area (Å²) in [5.41, 5.74) is 2.68. The zero-order valence-electron chi connectivity index (χ0n) is 11.4. The van der Waals surface area contributed by atoms with Crippen molar-refractivity contribution in [2.45, 2.75) is 33.2 Å². The minimum absolute atomic E-state index is 0.109. The fourth-order valence-electron chi connectivity index (χ4n) is 1.66. The maximum absolute atomic E-state index is 11.9. The Labute approximate surface area is 112 Å². The maximum Gasteiger partial charge on any atom is 0.251 e. The molecule has 2 aromatic rings. The molecule has 0 aliphatic carbocycles. The molecule has 1 amide bonds. The van der Waals surface area contributed by atoms with E-state index in [1.807, 2.05) is 51.1 Å². The quantitative estimate of drug-likeness (QED) is 0.917. The Morgan fingerprint density at radius 3 is 2.58 bits per heavy atom. The number of hydrogen-bond acceptors (Lipinski definition) is 3. The largest absolute Gasteiger partial charge is 0.359 e. The van der Waals surface area contributed by atoms with Crippen molar-refractivity contribution < 1.29 is 9.32 Å². The van der Waals surface area contributed by atoms with Gasteiger partial charge in [0.15, 0.2) is 5.76 Å². The van der Waals surface area contributed by atoms with E-state index in [2.05, 4.69) is 10.5 Å². The molecule has 1 N–H and O–H groups in total. The summed E-state index contributed by atoms with van der Waals surface area (Å²) >= 11 is 0. The van der Waals surface area contributed by atoms with Crippen LogP contribution in [0.4, 0.5) is 0 Å². The van der Waals surface area contributed by atoms with Crippen LogP contribution in [-0.4, -0.2) is 11.1 Å². The predicted octanol–water partition coefficient (Wildman–Crippen LogP) is 3.04. The number of amides is 1. The van der Waals surface area contributed by atoms with E-state index in [9.17, 15) is 4.79 Å². The first-order valence-electron chi connectivity index (χ1n) is 6.36. The lowest BCUT2D eigenvalue weighted by Gasteiger charge is -2.03. The van der Waals surface area contributed by atoms with Gasteiger partial charge >= 0.3 is 0 Å². The zero-order valence-corrected chi connectivity index (χ0v) is 11.4. The molecule has 4 heteroatoms. The topological polar surface area (TPSA) is 55.1 Å². The summed E-state index contributed by atoms with van der Waals surface area (Å²) < 4.78 is 5.17. The summed E-state index contributed by atoms with van der Waals surface area (Å²) in [6.45, 7) is 6.44. The minimum Gasteiger partial charge on any atom is -0.359 e.